The van der Waals surface area contributed by atoms with E-state index < -0.39 is 0 Å². The van der Waals surface area contributed by atoms with Gasteiger partial charge in [0.1, 0.15) is 5.75 Å². The Bertz CT molecular complexity index is 969. The van der Waals surface area contributed by atoms with Crippen molar-refractivity contribution in [2.45, 2.75) is 26.8 Å². The van der Waals surface area contributed by atoms with Crippen LogP contribution in [0.5, 0.6) is 11.6 Å². The second kappa shape index (κ2) is 9.84. The predicted octanol–water partition coefficient (Wildman–Crippen LogP) is 3.99. The molecule has 0 atom stereocenters. The van der Waals surface area contributed by atoms with Crippen LogP contribution in [-0.4, -0.2) is 23.3 Å². The molecule has 0 radical (unpaired) electrons. The zero-order chi connectivity index (χ0) is 20.6. The first-order valence-electron chi connectivity index (χ1n) is 9.30. The van der Waals surface area contributed by atoms with Gasteiger partial charge in [-0.15, -0.1) is 11.3 Å². The number of nitrogens with one attached hydrogen (secondary N) is 2. The molecule has 2 N–H and O–H groups in total. The third-order valence-corrected chi connectivity index (χ3v) is 5.10. The van der Waals surface area contributed by atoms with Crippen LogP contribution in [0.3, 0.4) is 0 Å². The lowest BCUT2D eigenvalue weighted by atomic mass is 10.1. The molecule has 7 heteroatoms. The number of hydrogen-bond donors (Lipinski definition) is 2. The number of rotatable bonds is 8. The largest absolute Gasteiger partial charge is 0.439 e. The Morgan fingerprint density at radius 1 is 1.10 bits per heavy atom. The number of hydrogen-bond acceptors (Lipinski definition) is 5. The number of benzene rings is 1. The minimum Gasteiger partial charge on any atom is -0.439 e. The Balaban J connectivity index is 1.42. The van der Waals surface area contributed by atoms with Crippen LogP contribution in [0.25, 0.3) is 0 Å². The van der Waals surface area contributed by atoms with E-state index in [9.17, 15) is 9.59 Å². The topological polar surface area (TPSA) is 80.3 Å². The smallest absolute Gasteiger partial charge is 0.261 e. The summed E-state index contributed by atoms with van der Waals surface area (Å²) in [5.74, 6) is 0.997. The summed E-state index contributed by atoms with van der Waals surface area (Å²) < 4.78 is 5.84. The number of carbonyl (C=O) groups is 2. The van der Waals surface area contributed by atoms with Crippen molar-refractivity contribution >= 4 is 23.2 Å². The summed E-state index contributed by atoms with van der Waals surface area (Å²) in [4.78, 5) is 28.7. The molecule has 0 bridgehead atoms. The van der Waals surface area contributed by atoms with Gasteiger partial charge in [0.25, 0.3) is 5.91 Å². The van der Waals surface area contributed by atoms with E-state index in [-0.39, 0.29) is 18.2 Å². The molecule has 0 unspecified atom stereocenters. The second-order valence-electron chi connectivity index (χ2n) is 6.64. The molecule has 0 aliphatic carbocycles. The van der Waals surface area contributed by atoms with E-state index in [1.54, 1.807) is 18.3 Å². The van der Waals surface area contributed by atoms with Gasteiger partial charge in [0, 0.05) is 31.8 Å². The molecule has 29 heavy (non-hydrogen) atoms. The number of ether oxygens (including phenoxy) is 1. The van der Waals surface area contributed by atoms with Gasteiger partial charge in [0.2, 0.25) is 11.8 Å². The van der Waals surface area contributed by atoms with E-state index in [0.717, 1.165) is 22.4 Å². The Kier molecular flexibility index (Phi) is 6.97. The van der Waals surface area contributed by atoms with Crippen LogP contribution in [0, 0.1) is 13.8 Å². The molecule has 6 nitrogen and oxygen atoms in total. The summed E-state index contributed by atoms with van der Waals surface area (Å²) in [6.07, 6.45) is 1.90. The summed E-state index contributed by atoms with van der Waals surface area (Å²) in [5.41, 5.74) is 3.03. The molecule has 150 valence electrons. The van der Waals surface area contributed by atoms with Crippen LogP contribution in [0.15, 0.2) is 54.0 Å². The summed E-state index contributed by atoms with van der Waals surface area (Å²) >= 11 is 1.37. The third-order valence-electron chi connectivity index (χ3n) is 4.23. The van der Waals surface area contributed by atoms with Crippen molar-refractivity contribution in [1.82, 2.24) is 15.6 Å². The Hall–Kier alpha value is -3.19. The zero-order valence-corrected chi connectivity index (χ0v) is 17.2. The molecule has 3 aromatic rings. The van der Waals surface area contributed by atoms with E-state index in [0.29, 0.717) is 23.8 Å². The molecule has 0 saturated carbocycles. The van der Waals surface area contributed by atoms with Gasteiger partial charge in [-0.2, -0.15) is 0 Å². The van der Waals surface area contributed by atoms with Crippen LogP contribution in [0.4, 0.5) is 0 Å². The highest BCUT2D eigenvalue weighted by molar-refractivity contribution is 7.12. The van der Waals surface area contributed by atoms with E-state index in [1.165, 1.54) is 11.3 Å². The molecule has 0 aliphatic heterocycles. The van der Waals surface area contributed by atoms with Gasteiger partial charge in [-0.25, -0.2) is 4.98 Å². The summed E-state index contributed by atoms with van der Waals surface area (Å²) in [5, 5.41) is 7.40. The average Bonchev–Trinajstić information content (AvgIpc) is 3.25. The maximum absolute atomic E-state index is 12.0. The third kappa shape index (κ3) is 6.15. The second-order valence-corrected chi connectivity index (χ2v) is 7.58. The number of aromatic nitrogens is 1. The van der Waals surface area contributed by atoms with Gasteiger partial charge >= 0.3 is 0 Å². The summed E-state index contributed by atoms with van der Waals surface area (Å²) in [6, 6.07) is 13.2. The lowest BCUT2D eigenvalue weighted by Crippen LogP contribution is -2.30. The fourth-order valence-corrected chi connectivity index (χ4v) is 3.22. The van der Waals surface area contributed by atoms with Gasteiger partial charge < -0.3 is 15.4 Å². The molecule has 2 amide bonds. The molecule has 3 rings (SSSR count). The van der Waals surface area contributed by atoms with Gasteiger partial charge in [0.15, 0.2) is 0 Å². The number of thiophene rings is 1. The Labute approximate surface area is 173 Å². The molecular formula is C22H23N3O3S. The maximum atomic E-state index is 12.0. The van der Waals surface area contributed by atoms with Gasteiger partial charge in [-0.1, -0.05) is 24.3 Å². The molecular weight excluding hydrogens is 386 g/mol. The number of aryl methyl sites for hydroxylation is 2. The minimum atomic E-state index is -0.156. The van der Waals surface area contributed by atoms with Crippen LogP contribution in [0.2, 0.25) is 0 Å². The van der Waals surface area contributed by atoms with Crippen LogP contribution < -0.4 is 15.4 Å². The molecule has 1 aromatic carbocycles. The Morgan fingerprint density at radius 2 is 1.97 bits per heavy atom. The van der Waals surface area contributed by atoms with Gasteiger partial charge in [-0.3, -0.25) is 9.59 Å². The van der Waals surface area contributed by atoms with Crippen LogP contribution in [0.1, 0.15) is 32.8 Å². The van der Waals surface area contributed by atoms with Crippen molar-refractivity contribution in [3.05, 3.63) is 75.6 Å². The number of carbonyl (C=O) groups excluding carboxylic acids is 2. The predicted molar refractivity (Wildman–Crippen MR) is 113 cm³/mol. The Morgan fingerprint density at radius 3 is 2.69 bits per heavy atom. The number of amides is 2. The molecule has 2 aromatic heterocycles. The summed E-state index contributed by atoms with van der Waals surface area (Å²) in [6.45, 7) is 4.67. The lowest BCUT2D eigenvalue weighted by Gasteiger charge is -2.10. The monoisotopic (exact) mass is 409 g/mol. The molecule has 2 heterocycles. The molecule has 0 spiro atoms. The normalized spacial score (nSPS) is 10.4. The SMILES string of the molecule is Cc1ccc(C)c(Oc2ccc(CNC(=O)CCNC(=O)c3cccs3)cn2)c1. The van der Waals surface area contributed by atoms with E-state index in [1.807, 2.05) is 49.6 Å². The first-order valence-corrected chi connectivity index (χ1v) is 10.2. The highest BCUT2D eigenvalue weighted by Gasteiger charge is 2.08. The van der Waals surface area contributed by atoms with Crippen molar-refractivity contribution in [2.24, 2.45) is 0 Å². The van der Waals surface area contributed by atoms with Crippen molar-refractivity contribution in [3.8, 4) is 11.6 Å². The molecule has 0 saturated heterocycles. The highest BCUT2D eigenvalue weighted by atomic mass is 32.1. The van der Waals surface area contributed by atoms with E-state index >= 15 is 0 Å². The maximum Gasteiger partial charge on any atom is 0.261 e. The standard InChI is InChI=1S/C22H23N3O3S/c1-15-5-6-16(2)18(12-15)28-21-8-7-17(14-25-21)13-24-20(26)9-10-23-22(27)19-4-3-11-29-19/h3-8,11-12,14H,9-10,13H2,1-2H3,(H,23,27)(H,24,26). The number of pyridine rings is 1. The van der Waals surface area contributed by atoms with Crippen LogP contribution in [-0.2, 0) is 11.3 Å². The average molecular weight is 410 g/mol. The number of nitrogens with zero attached hydrogens (tertiary/aromatic N) is 1. The van der Waals surface area contributed by atoms with Crippen LogP contribution >= 0.6 is 11.3 Å². The van der Waals surface area contributed by atoms with Crippen molar-refractivity contribution in [1.29, 1.82) is 0 Å². The summed E-state index contributed by atoms with van der Waals surface area (Å²) in [7, 11) is 0. The lowest BCUT2D eigenvalue weighted by molar-refractivity contribution is -0.121. The van der Waals surface area contributed by atoms with Gasteiger partial charge in [-0.05, 0) is 48.1 Å². The zero-order valence-electron chi connectivity index (χ0n) is 16.4. The van der Waals surface area contributed by atoms with E-state index in [4.69, 9.17) is 4.74 Å². The van der Waals surface area contributed by atoms with Gasteiger partial charge in [0.05, 0.1) is 4.88 Å². The fourth-order valence-electron chi connectivity index (χ4n) is 2.58. The first kappa shape index (κ1) is 20.5. The van der Waals surface area contributed by atoms with E-state index in [2.05, 4.69) is 15.6 Å². The van der Waals surface area contributed by atoms with Crippen molar-refractivity contribution in [3.63, 3.8) is 0 Å². The van der Waals surface area contributed by atoms with Crippen molar-refractivity contribution < 1.29 is 14.3 Å². The van der Waals surface area contributed by atoms with Crippen molar-refractivity contribution in [2.75, 3.05) is 6.54 Å². The minimum absolute atomic E-state index is 0.132. The fraction of sp³-hybridized carbons (Fsp3) is 0.227. The quantitative estimate of drug-likeness (QED) is 0.590. The molecule has 0 aliphatic rings. The first-order chi connectivity index (χ1) is 14.0. The highest BCUT2D eigenvalue weighted by Crippen LogP contribution is 2.24. The molecule has 0 fully saturated rings.